The van der Waals surface area contributed by atoms with Crippen LogP contribution in [0.25, 0.3) is 0 Å². The summed E-state index contributed by atoms with van der Waals surface area (Å²) in [4.78, 5) is 11.2. The Morgan fingerprint density at radius 1 is 1.27 bits per heavy atom. The van der Waals surface area contributed by atoms with E-state index >= 15 is 0 Å². The van der Waals surface area contributed by atoms with Crippen LogP contribution in [0.4, 0.5) is 0 Å². The molecule has 0 bridgehead atoms. The topological polar surface area (TPSA) is 63.3 Å². The van der Waals surface area contributed by atoms with Crippen LogP contribution >= 0.6 is 0 Å². The summed E-state index contributed by atoms with van der Waals surface area (Å²) in [5, 5.41) is 9.20. The Morgan fingerprint density at radius 3 is 2.27 bits per heavy atom. The average Bonchev–Trinajstić information content (AvgIpc) is 2.99. The van der Waals surface area contributed by atoms with Gasteiger partial charge in [-0.05, 0) is 18.3 Å². The van der Waals surface area contributed by atoms with Gasteiger partial charge in [0.1, 0.15) is 0 Å². The van der Waals surface area contributed by atoms with E-state index in [9.17, 15) is 9.90 Å². The summed E-state index contributed by atoms with van der Waals surface area (Å²) < 4.78 is 0. The lowest BCUT2D eigenvalue weighted by Crippen LogP contribution is -2.29. The van der Waals surface area contributed by atoms with Crippen LogP contribution in [-0.2, 0) is 4.79 Å². The molecule has 0 spiro atoms. The van der Waals surface area contributed by atoms with Gasteiger partial charge in [0.15, 0.2) is 0 Å². The van der Waals surface area contributed by atoms with Crippen molar-refractivity contribution >= 4 is 5.97 Å². The quantitative estimate of drug-likeness (QED) is 0.702. The van der Waals surface area contributed by atoms with E-state index in [0.717, 1.165) is 6.42 Å². The lowest BCUT2D eigenvalue weighted by molar-refractivity contribution is -0.143. The molecule has 0 aliphatic heterocycles. The molecule has 0 aromatic carbocycles. The Hall–Kier alpha value is -0.570. The summed E-state index contributed by atoms with van der Waals surface area (Å²) in [7, 11) is 0. The molecule has 3 nitrogen and oxygen atoms in total. The van der Waals surface area contributed by atoms with E-state index in [1.807, 2.05) is 0 Å². The number of aliphatic carboxylic acids is 1. The van der Waals surface area contributed by atoms with Crippen molar-refractivity contribution in [1.82, 2.24) is 0 Å². The van der Waals surface area contributed by atoms with Crippen molar-refractivity contribution in [3.8, 4) is 0 Å². The summed E-state index contributed by atoms with van der Waals surface area (Å²) in [6, 6.07) is 0. The molecule has 15 heavy (non-hydrogen) atoms. The van der Waals surface area contributed by atoms with Crippen LogP contribution in [0.5, 0.6) is 0 Å². The SMILES string of the molecule is NCC1(C(=O)O)CC1C1CCCCCC1. The Morgan fingerprint density at radius 2 is 1.87 bits per heavy atom. The van der Waals surface area contributed by atoms with Gasteiger partial charge in [0, 0.05) is 6.54 Å². The van der Waals surface area contributed by atoms with Gasteiger partial charge in [-0.25, -0.2) is 0 Å². The van der Waals surface area contributed by atoms with E-state index < -0.39 is 11.4 Å². The minimum atomic E-state index is -0.667. The van der Waals surface area contributed by atoms with Crippen LogP contribution in [0.3, 0.4) is 0 Å². The standard InChI is InChI=1S/C12H21NO2/c13-8-12(11(14)15)7-10(12)9-5-3-1-2-4-6-9/h9-10H,1-8,13H2,(H,14,15). The van der Waals surface area contributed by atoms with Gasteiger partial charge in [-0.3, -0.25) is 4.79 Å². The Labute approximate surface area is 91.0 Å². The maximum atomic E-state index is 11.2. The molecular formula is C12H21NO2. The lowest BCUT2D eigenvalue weighted by Gasteiger charge is -2.17. The van der Waals surface area contributed by atoms with Gasteiger partial charge in [0.2, 0.25) is 0 Å². The number of hydrogen-bond donors (Lipinski definition) is 2. The fourth-order valence-electron chi connectivity index (χ4n) is 3.23. The first-order chi connectivity index (χ1) is 7.20. The van der Waals surface area contributed by atoms with E-state index in [0.29, 0.717) is 18.4 Å². The third-order valence-corrected chi connectivity index (χ3v) is 4.39. The summed E-state index contributed by atoms with van der Waals surface area (Å²) in [6.45, 7) is 0.323. The molecule has 2 aliphatic carbocycles. The zero-order valence-corrected chi connectivity index (χ0v) is 9.24. The van der Waals surface area contributed by atoms with Gasteiger partial charge in [0.05, 0.1) is 5.41 Å². The highest BCUT2D eigenvalue weighted by Gasteiger charge is 2.61. The number of carbonyl (C=O) groups is 1. The lowest BCUT2D eigenvalue weighted by atomic mass is 9.89. The highest BCUT2D eigenvalue weighted by molar-refractivity contribution is 5.79. The van der Waals surface area contributed by atoms with Crippen molar-refractivity contribution in [2.24, 2.45) is 23.0 Å². The van der Waals surface area contributed by atoms with E-state index in [1.54, 1.807) is 0 Å². The number of carboxylic acid groups (broad SMARTS) is 1. The van der Waals surface area contributed by atoms with Gasteiger partial charge in [-0.1, -0.05) is 38.5 Å². The van der Waals surface area contributed by atoms with Crippen LogP contribution in [0.15, 0.2) is 0 Å². The molecule has 0 amide bonds. The maximum absolute atomic E-state index is 11.2. The first-order valence-corrected chi connectivity index (χ1v) is 6.14. The summed E-state index contributed by atoms with van der Waals surface area (Å²) >= 11 is 0. The first-order valence-electron chi connectivity index (χ1n) is 6.14. The largest absolute Gasteiger partial charge is 0.481 e. The van der Waals surface area contributed by atoms with E-state index in [-0.39, 0.29) is 0 Å². The third kappa shape index (κ3) is 1.89. The predicted molar refractivity (Wildman–Crippen MR) is 58.4 cm³/mol. The molecule has 2 fully saturated rings. The Balaban J connectivity index is 1.98. The molecule has 3 N–H and O–H groups in total. The molecule has 2 saturated carbocycles. The highest BCUT2D eigenvalue weighted by Crippen LogP contribution is 2.58. The van der Waals surface area contributed by atoms with Crippen LogP contribution < -0.4 is 5.73 Å². The summed E-state index contributed by atoms with van der Waals surface area (Å²) in [5.74, 6) is 0.337. The molecule has 0 heterocycles. The second kappa shape index (κ2) is 4.12. The average molecular weight is 211 g/mol. The Kier molecular flexibility index (Phi) is 3.01. The zero-order chi connectivity index (χ0) is 10.9. The monoisotopic (exact) mass is 211 g/mol. The van der Waals surface area contributed by atoms with Crippen molar-refractivity contribution in [3.63, 3.8) is 0 Å². The number of nitrogens with two attached hydrogens (primary N) is 1. The van der Waals surface area contributed by atoms with Gasteiger partial charge in [0.25, 0.3) is 0 Å². The molecule has 86 valence electrons. The summed E-state index contributed by atoms with van der Waals surface area (Å²) in [5.41, 5.74) is 5.08. The molecule has 2 unspecified atom stereocenters. The zero-order valence-electron chi connectivity index (χ0n) is 9.24. The van der Waals surface area contributed by atoms with Gasteiger partial charge in [-0.2, -0.15) is 0 Å². The van der Waals surface area contributed by atoms with Crippen LogP contribution in [0, 0.1) is 17.3 Å². The smallest absolute Gasteiger partial charge is 0.311 e. The highest BCUT2D eigenvalue weighted by atomic mass is 16.4. The van der Waals surface area contributed by atoms with Crippen LogP contribution in [-0.4, -0.2) is 17.6 Å². The van der Waals surface area contributed by atoms with Crippen molar-refractivity contribution in [1.29, 1.82) is 0 Å². The van der Waals surface area contributed by atoms with Gasteiger partial charge >= 0.3 is 5.97 Å². The molecule has 0 radical (unpaired) electrons. The third-order valence-electron chi connectivity index (χ3n) is 4.39. The van der Waals surface area contributed by atoms with Crippen LogP contribution in [0.1, 0.15) is 44.9 Å². The van der Waals surface area contributed by atoms with Crippen LogP contribution in [0.2, 0.25) is 0 Å². The van der Waals surface area contributed by atoms with Gasteiger partial charge < -0.3 is 10.8 Å². The molecule has 0 aromatic heterocycles. The minimum Gasteiger partial charge on any atom is -0.481 e. The second-order valence-corrected chi connectivity index (χ2v) is 5.23. The first kappa shape index (κ1) is 10.9. The Bertz CT molecular complexity index is 246. The summed E-state index contributed by atoms with van der Waals surface area (Å²) in [6.07, 6.45) is 8.48. The van der Waals surface area contributed by atoms with E-state index in [2.05, 4.69) is 0 Å². The molecule has 0 saturated heterocycles. The van der Waals surface area contributed by atoms with Crippen molar-refractivity contribution < 1.29 is 9.90 Å². The molecule has 2 rings (SSSR count). The molecule has 0 aromatic rings. The molecular weight excluding hydrogens is 190 g/mol. The van der Waals surface area contributed by atoms with Gasteiger partial charge in [-0.15, -0.1) is 0 Å². The molecule has 2 atom stereocenters. The molecule has 2 aliphatic rings. The number of rotatable bonds is 3. The van der Waals surface area contributed by atoms with E-state index in [1.165, 1.54) is 38.5 Å². The van der Waals surface area contributed by atoms with Crippen molar-refractivity contribution in [2.75, 3.05) is 6.54 Å². The fourth-order valence-corrected chi connectivity index (χ4v) is 3.23. The number of carboxylic acids is 1. The van der Waals surface area contributed by atoms with Crippen molar-refractivity contribution in [3.05, 3.63) is 0 Å². The van der Waals surface area contributed by atoms with E-state index in [4.69, 9.17) is 5.73 Å². The maximum Gasteiger partial charge on any atom is 0.311 e. The second-order valence-electron chi connectivity index (χ2n) is 5.23. The fraction of sp³-hybridized carbons (Fsp3) is 0.917. The predicted octanol–water partition coefficient (Wildman–Crippen LogP) is 2.01. The minimum absolute atomic E-state index is 0.323. The van der Waals surface area contributed by atoms with Crippen molar-refractivity contribution in [2.45, 2.75) is 44.9 Å². The normalized spacial score (nSPS) is 37.3. The number of hydrogen-bond acceptors (Lipinski definition) is 2. The molecule has 3 heteroatoms.